The summed E-state index contributed by atoms with van der Waals surface area (Å²) >= 11 is 3.42. The zero-order valence-corrected chi connectivity index (χ0v) is 11.3. The lowest BCUT2D eigenvalue weighted by molar-refractivity contribution is -0.144. The summed E-state index contributed by atoms with van der Waals surface area (Å²) in [5.41, 5.74) is -0.254. The van der Waals surface area contributed by atoms with Crippen molar-refractivity contribution in [2.24, 2.45) is 5.92 Å². The fourth-order valence-electron chi connectivity index (χ4n) is 1.82. The lowest BCUT2D eigenvalue weighted by Crippen LogP contribution is -2.47. The number of hydrogen-bond donors (Lipinski definition) is 2. The molecule has 0 amide bonds. The van der Waals surface area contributed by atoms with Gasteiger partial charge in [-0.05, 0) is 43.9 Å². The average molecular weight is 298 g/mol. The molecule has 1 aromatic rings. The van der Waals surface area contributed by atoms with E-state index in [0.29, 0.717) is 5.92 Å². The Morgan fingerprint density at radius 3 is 2.71 bits per heavy atom. The quantitative estimate of drug-likeness (QED) is 0.879. The summed E-state index contributed by atoms with van der Waals surface area (Å²) in [6.07, 6.45) is 2.41. The van der Waals surface area contributed by atoms with Gasteiger partial charge in [-0.25, -0.2) is 4.79 Å². The normalized spacial score (nSPS) is 18.7. The molecule has 1 aliphatic carbocycles. The van der Waals surface area contributed by atoms with Crippen LogP contribution in [0.15, 0.2) is 28.7 Å². The molecule has 3 nitrogen and oxygen atoms in total. The highest BCUT2D eigenvalue weighted by Crippen LogP contribution is 2.32. The number of carboxylic acids is 1. The van der Waals surface area contributed by atoms with Gasteiger partial charge in [0, 0.05) is 4.47 Å². The summed E-state index contributed by atoms with van der Waals surface area (Å²) in [7, 11) is 0. The van der Waals surface area contributed by atoms with Crippen molar-refractivity contribution in [2.45, 2.75) is 25.3 Å². The topological polar surface area (TPSA) is 49.3 Å². The van der Waals surface area contributed by atoms with Crippen molar-refractivity contribution < 1.29 is 9.90 Å². The fourth-order valence-corrected chi connectivity index (χ4v) is 2.50. The largest absolute Gasteiger partial charge is 0.480 e. The fraction of sp³-hybridized carbons (Fsp3) is 0.462. The molecule has 0 heterocycles. The van der Waals surface area contributed by atoms with E-state index >= 15 is 0 Å². The number of carboxylic acid groups (broad SMARTS) is 1. The Kier molecular flexibility index (Phi) is 3.54. The third kappa shape index (κ3) is 2.69. The molecule has 1 unspecified atom stereocenters. The van der Waals surface area contributed by atoms with Crippen LogP contribution in [0.5, 0.6) is 0 Å². The Hall–Kier alpha value is -0.870. The van der Waals surface area contributed by atoms with Gasteiger partial charge in [0.25, 0.3) is 0 Å². The maximum absolute atomic E-state index is 11.5. The molecule has 0 aliphatic heterocycles. The minimum atomic E-state index is -1.03. The minimum absolute atomic E-state index is 0.649. The van der Waals surface area contributed by atoms with Gasteiger partial charge in [0.05, 0.1) is 0 Å². The molecular weight excluding hydrogens is 282 g/mol. The molecule has 2 N–H and O–H groups in total. The average Bonchev–Trinajstić information content (AvgIpc) is 3.10. The molecule has 4 heteroatoms. The standard InChI is InChI=1S/C13H16BrNO2/c1-13(12(16)17,15-8-9-6-7-9)10-4-2-3-5-11(10)14/h2-5,9,15H,6-8H2,1H3,(H,16,17). The van der Waals surface area contributed by atoms with Gasteiger partial charge >= 0.3 is 5.97 Å². The summed E-state index contributed by atoms with van der Waals surface area (Å²) in [5.74, 6) is -0.193. The second kappa shape index (κ2) is 4.78. The maximum Gasteiger partial charge on any atom is 0.328 e. The smallest absolute Gasteiger partial charge is 0.328 e. The van der Waals surface area contributed by atoms with E-state index in [1.807, 2.05) is 24.3 Å². The van der Waals surface area contributed by atoms with Crippen LogP contribution in [0.4, 0.5) is 0 Å². The van der Waals surface area contributed by atoms with Crippen LogP contribution in [0.1, 0.15) is 25.3 Å². The first-order valence-electron chi connectivity index (χ1n) is 5.77. The number of rotatable bonds is 5. The Labute approximate surface area is 109 Å². The van der Waals surface area contributed by atoms with E-state index in [1.54, 1.807) is 6.92 Å². The number of hydrogen-bond acceptors (Lipinski definition) is 2. The van der Waals surface area contributed by atoms with Gasteiger partial charge in [-0.1, -0.05) is 34.1 Å². The van der Waals surface area contributed by atoms with Crippen LogP contribution in [0.3, 0.4) is 0 Å². The summed E-state index contributed by atoms with van der Waals surface area (Å²) in [6, 6.07) is 7.46. The monoisotopic (exact) mass is 297 g/mol. The second-order valence-electron chi connectivity index (χ2n) is 4.73. The first-order valence-corrected chi connectivity index (χ1v) is 6.57. The number of nitrogens with one attached hydrogen (secondary N) is 1. The van der Waals surface area contributed by atoms with Gasteiger partial charge in [-0.3, -0.25) is 5.32 Å². The van der Waals surface area contributed by atoms with E-state index in [2.05, 4.69) is 21.2 Å². The van der Waals surface area contributed by atoms with Crippen molar-refractivity contribution >= 4 is 21.9 Å². The van der Waals surface area contributed by atoms with Crippen LogP contribution < -0.4 is 5.32 Å². The molecule has 0 spiro atoms. The number of aliphatic carboxylic acids is 1. The van der Waals surface area contributed by atoms with Crippen molar-refractivity contribution in [1.82, 2.24) is 5.32 Å². The van der Waals surface area contributed by atoms with Gasteiger partial charge in [0.1, 0.15) is 5.54 Å². The van der Waals surface area contributed by atoms with Crippen LogP contribution in [-0.2, 0) is 10.3 Å². The molecular formula is C13H16BrNO2. The Morgan fingerprint density at radius 1 is 1.53 bits per heavy atom. The Morgan fingerprint density at radius 2 is 2.18 bits per heavy atom. The van der Waals surface area contributed by atoms with E-state index < -0.39 is 11.5 Å². The van der Waals surface area contributed by atoms with E-state index in [-0.39, 0.29) is 0 Å². The molecule has 1 aliphatic rings. The highest BCUT2D eigenvalue weighted by Gasteiger charge is 2.37. The molecule has 0 saturated heterocycles. The van der Waals surface area contributed by atoms with Crippen LogP contribution in [0.2, 0.25) is 0 Å². The van der Waals surface area contributed by atoms with Gasteiger partial charge in [-0.2, -0.15) is 0 Å². The Bertz CT molecular complexity index is 431. The van der Waals surface area contributed by atoms with Crippen LogP contribution in [0.25, 0.3) is 0 Å². The van der Waals surface area contributed by atoms with Crippen LogP contribution in [-0.4, -0.2) is 17.6 Å². The molecule has 17 heavy (non-hydrogen) atoms. The first-order chi connectivity index (χ1) is 8.04. The zero-order valence-electron chi connectivity index (χ0n) is 9.74. The molecule has 0 radical (unpaired) electrons. The first kappa shape index (κ1) is 12.6. The van der Waals surface area contributed by atoms with E-state index in [9.17, 15) is 9.90 Å². The van der Waals surface area contributed by atoms with Crippen molar-refractivity contribution in [2.75, 3.05) is 6.54 Å². The number of carbonyl (C=O) groups is 1. The predicted molar refractivity (Wildman–Crippen MR) is 69.9 cm³/mol. The summed E-state index contributed by atoms with van der Waals surface area (Å²) < 4.78 is 0.827. The summed E-state index contributed by atoms with van der Waals surface area (Å²) in [4.78, 5) is 11.5. The molecule has 1 fully saturated rings. The third-order valence-electron chi connectivity index (χ3n) is 3.28. The molecule has 1 aromatic carbocycles. The molecule has 2 rings (SSSR count). The molecule has 1 saturated carbocycles. The van der Waals surface area contributed by atoms with Gasteiger partial charge < -0.3 is 5.11 Å². The molecule has 1 atom stereocenters. The van der Waals surface area contributed by atoms with Crippen LogP contribution >= 0.6 is 15.9 Å². The van der Waals surface area contributed by atoms with Crippen LogP contribution in [0, 0.1) is 5.92 Å². The second-order valence-corrected chi connectivity index (χ2v) is 5.59. The maximum atomic E-state index is 11.5. The highest BCUT2D eigenvalue weighted by atomic mass is 79.9. The molecule has 0 aromatic heterocycles. The third-order valence-corrected chi connectivity index (χ3v) is 3.97. The summed E-state index contributed by atoms with van der Waals surface area (Å²) in [5, 5.41) is 12.6. The van der Waals surface area contributed by atoms with Gasteiger partial charge in [0.2, 0.25) is 0 Å². The van der Waals surface area contributed by atoms with Crippen molar-refractivity contribution in [3.8, 4) is 0 Å². The summed E-state index contributed by atoms with van der Waals surface area (Å²) in [6.45, 7) is 2.49. The van der Waals surface area contributed by atoms with E-state index in [1.165, 1.54) is 12.8 Å². The van der Waals surface area contributed by atoms with E-state index in [4.69, 9.17) is 0 Å². The van der Waals surface area contributed by atoms with Gasteiger partial charge in [0.15, 0.2) is 0 Å². The lowest BCUT2D eigenvalue weighted by atomic mass is 9.92. The highest BCUT2D eigenvalue weighted by molar-refractivity contribution is 9.10. The van der Waals surface area contributed by atoms with Gasteiger partial charge in [-0.15, -0.1) is 0 Å². The number of benzene rings is 1. The molecule has 92 valence electrons. The lowest BCUT2D eigenvalue weighted by Gasteiger charge is -2.28. The predicted octanol–water partition coefficient (Wildman–Crippen LogP) is 2.75. The molecule has 0 bridgehead atoms. The number of halogens is 1. The van der Waals surface area contributed by atoms with Crippen molar-refractivity contribution in [3.05, 3.63) is 34.3 Å². The van der Waals surface area contributed by atoms with Crippen molar-refractivity contribution in [3.63, 3.8) is 0 Å². The zero-order chi connectivity index (χ0) is 12.5. The van der Waals surface area contributed by atoms with E-state index in [0.717, 1.165) is 16.6 Å². The Balaban J connectivity index is 2.25. The SMILES string of the molecule is CC(NCC1CC1)(C(=O)O)c1ccccc1Br. The minimum Gasteiger partial charge on any atom is -0.480 e. The van der Waals surface area contributed by atoms with Crippen molar-refractivity contribution in [1.29, 1.82) is 0 Å².